The van der Waals surface area contributed by atoms with Crippen LogP contribution in [0.3, 0.4) is 0 Å². The van der Waals surface area contributed by atoms with Gasteiger partial charge in [0.25, 0.3) is 0 Å². The van der Waals surface area contributed by atoms with Crippen molar-refractivity contribution in [2.24, 2.45) is 10.9 Å². The number of carbonyl (C=O) groups is 1. The highest BCUT2D eigenvalue weighted by atomic mass is 127. The first-order valence-electron chi connectivity index (χ1n) is 9.24. The molecule has 27 heavy (non-hydrogen) atoms. The van der Waals surface area contributed by atoms with Gasteiger partial charge in [-0.15, -0.1) is 35.3 Å². The second-order valence-corrected chi connectivity index (χ2v) is 9.13. The highest BCUT2D eigenvalue weighted by Gasteiger charge is 2.27. The molecule has 2 rings (SSSR count). The van der Waals surface area contributed by atoms with Crippen LogP contribution in [-0.4, -0.2) is 49.2 Å². The molecule has 6 nitrogen and oxygen atoms in total. The summed E-state index contributed by atoms with van der Waals surface area (Å²) in [6, 6.07) is 4.27. The molecule has 0 radical (unpaired) electrons. The maximum Gasteiger partial charge on any atom is 0.410 e. The van der Waals surface area contributed by atoms with Crippen LogP contribution >= 0.6 is 35.3 Å². The van der Waals surface area contributed by atoms with E-state index >= 15 is 0 Å². The number of nitrogens with one attached hydrogen (secondary N) is 2. The molecule has 0 saturated carbocycles. The van der Waals surface area contributed by atoms with E-state index in [1.54, 1.807) is 18.4 Å². The van der Waals surface area contributed by atoms with Gasteiger partial charge in [0, 0.05) is 36.4 Å². The van der Waals surface area contributed by atoms with E-state index in [9.17, 15) is 4.79 Å². The van der Waals surface area contributed by atoms with Gasteiger partial charge in [0.2, 0.25) is 0 Å². The lowest BCUT2D eigenvalue weighted by atomic mass is 9.98. The number of guanidine groups is 1. The van der Waals surface area contributed by atoms with Crippen LogP contribution in [0.1, 0.15) is 43.4 Å². The van der Waals surface area contributed by atoms with Crippen molar-refractivity contribution >= 4 is 47.4 Å². The van der Waals surface area contributed by atoms with Gasteiger partial charge in [-0.3, -0.25) is 4.99 Å². The molecule has 1 amide bonds. The van der Waals surface area contributed by atoms with Crippen molar-refractivity contribution in [1.82, 2.24) is 15.5 Å². The van der Waals surface area contributed by atoms with Crippen molar-refractivity contribution < 1.29 is 9.53 Å². The minimum absolute atomic E-state index is 0. The first-order chi connectivity index (χ1) is 12.3. The topological polar surface area (TPSA) is 66.0 Å². The van der Waals surface area contributed by atoms with E-state index in [0.717, 1.165) is 45.0 Å². The maximum absolute atomic E-state index is 12.3. The first kappa shape index (κ1) is 24.0. The third-order valence-corrected chi connectivity index (χ3v) is 5.18. The molecule has 0 spiro atoms. The Bertz CT molecular complexity index is 627. The van der Waals surface area contributed by atoms with Gasteiger partial charge in [0.1, 0.15) is 5.60 Å². The summed E-state index contributed by atoms with van der Waals surface area (Å²) in [5.74, 6) is 1.20. The number of halogens is 1. The third-order valence-electron chi connectivity index (χ3n) is 4.18. The molecular weight excluding hydrogens is 475 g/mol. The van der Waals surface area contributed by atoms with Crippen LogP contribution in [0.5, 0.6) is 0 Å². The summed E-state index contributed by atoms with van der Waals surface area (Å²) >= 11 is 1.79. The molecule has 1 aromatic heterocycles. The zero-order chi connectivity index (χ0) is 19.2. The van der Waals surface area contributed by atoms with E-state index in [4.69, 9.17) is 4.74 Å². The summed E-state index contributed by atoms with van der Waals surface area (Å²) in [6.07, 6.45) is 1.90. The molecule has 1 aliphatic heterocycles. The molecule has 0 bridgehead atoms. The highest BCUT2D eigenvalue weighted by molar-refractivity contribution is 14.0. The molecule has 1 fully saturated rings. The number of piperidine rings is 1. The fourth-order valence-electron chi connectivity index (χ4n) is 2.94. The van der Waals surface area contributed by atoms with Gasteiger partial charge in [0.15, 0.2) is 5.96 Å². The van der Waals surface area contributed by atoms with Crippen molar-refractivity contribution in [3.05, 3.63) is 21.9 Å². The molecule has 0 aromatic carbocycles. The van der Waals surface area contributed by atoms with Crippen LogP contribution in [0.25, 0.3) is 0 Å². The smallest absolute Gasteiger partial charge is 0.410 e. The SMILES string of the molecule is CN=C(NCc1ccc(C)s1)NCC1CCCN(C(=O)OC(C)(C)C)C1.I. The van der Waals surface area contributed by atoms with Gasteiger partial charge in [-0.25, -0.2) is 4.79 Å². The number of ether oxygens (including phenoxy) is 1. The van der Waals surface area contributed by atoms with E-state index in [0.29, 0.717) is 5.92 Å². The number of hydrogen-bond donors (Lipinski definition) is 2. The van der Waals surface area contributed by atoms with E-state index < -0.39 is 5.60 Å². The minimum Gasteiger partial charge on any atom is -0.444 e. The quantitative estimate of drug-likeness (QED) is 0.367. The van der Waals surface area contributed by atoms with Crippen molar-refractivity contribution in [3.8, 4) is 0 Å². The Kier molecular flexibility index (Phi) is 9.86. The van der Waals surface area contributed by atoms with Gasteiger partial charge in [-0.05, 0) is 58.6 Å². The van der Waals surface area contributed by atoms with Crippen LogP contribution in [0.4, 0.5) is 4.79 Å². The van der Waals surface area contributed by atoms with E-state index in [1.807, 2.05) is 25.7 Å². The van der Waals surface area contributed by atoms with Crippen molar-refractivity contribution in [2.75, 3.05) is 26.7 Å². The van der Waals surface area contributed by atoms with Crippen LogP contribution in [0.2, 0.25) is 0 Å². The lowest BCUT2D eigenvalue weighted by Crippen LogP contribution is -2.47. The van der Waals surface area contributed by atoms with Crippen molar-refractivity contribution in [2.45, 2.75) is 52.7 Å². The summed E-state index contributed by atoms with van der Waals surface area (Å²) in [5, 5.41) is 6.74. The van der Waals surface area contributed by atoms with Crippen molar-refractivity contribution in [1.29, 1.82) is 0 Å². The molecule has 1 aromatic rings. The Labute approximate surface area is 184 Å². The fourth-order valence-corrected chi connectivity index (χ4v) is 3.77. The molecule has 0 aliphatic carbocycles. The number of carbonyl (C=O) groups excluding carboxylic acids is 1. The summed E-state index contributed by atoms with van der Waals surface area (Å²) in [7, 11) is 1.78. The highest BCUT2D eigenvalue weighted by Crippen LogP contribution is 2.19. The molecule has 8 heteroatoms. The fraction of sp³-hybridized carbons (Fsp3) is 0.684. The number of aliphatic imine (C=N–C) groups is 1. The van der Waals surface area contributed by atoms with Crippen molar-refractivity contribution in [3.63, 3.8) is 0 Å². The second-order valence-electron chi connectivity index (χ2n) is 7.75. The predicted molar refractivity (Wildman–Crippen MR) is 123 cm³/mol. The predicted octanol–water partition coefficient (Wildman–Crippen LogP) is 3.99. The van der Waals surface area contributed by atoms with E-state index in [2.05, 4.69) is 34.7 Å². The Morgan fingerprint density at radius 2 is 2.11 bits per heavy atom. The molecular formula is C19H33IN4O2S. The van der Waals surface area contributed by atoms with Gasteiger partial charge in [-0.2, -0.15) is 0 Å². The summed E-state index contributed by atoms with van der Waals surface area (Å²) in [5.41, 5.74) is -0.450. The normalized spacial score (nSPS) is 17.9. The van der Waals surface area contributed by atoms with Crippen LogP contribution in [-0.2, 0) is 11.3 Å². The van der Waals surface area contributed by atoms with Crippen LogP contribution in [0, 0.1) is 12.8 Å². The largest absolute Gasteiger partial charge is 0.444 e. The Balaban J connectivity index is 0.00000364. The summed E-state index contributed by atoms with van der Waals surface area (Å²) in [6.45, 7) is 10.9. The zero-order valence-corrected chi connectivity index (χ0v) is 20.1. The van der Waals surface area contributed by atoms with Gasteiger partial charge >= 0.3 is 6.09 Å². The number of thiophene rings is 1. The zero-order valence-electron chi connectivity index (χ0n) is 17.0. The van der Waals surface area contributed by atoms with Crippen LogP contribution < -0.4 is 10.6 Å². The summed E-state index contributed by atoms with van der Waals surface area (Å²) < 4.78 is 5.49. The molecule has 154 valence electrons. The number of aryl methyl sites for hydroxylation is 1. The summed E-state index contributed by atoms with van der Waals surface area (Å²) in [4.78, 5) is 21.0. The Morgan fingerprint density at radius 3 is 2.70 bits per heavy atom. The van der Waals surface area contributed by atoms with E-state index in [-0.39, 0.29) is 30.1 Å². The maximum atomic E-state index is 12.3. The second kappa shape index (κ2) is 11.1. The Morgan fingerprint density at radius 1 is 1.37 bits per heavy atom. The lowest BCUT2D eigenvalue weighted by Gasteiger charge is -2.34. The van der Waals surface area contributed by atoms with Gasteiger partial charge in [-0.1, -0.05) is 0 Å². The molecule has 1 aliphatic rings. The molecule has 1 atom stereocenters. The number of likely N-dealkylation sites (tertiary alicyclic amines) is 1. The third kappa shape index (κ3) is 8.68. The standard InChI is InChI=1S/C19H32N4O2S.HI/c1-14-8-9-16(26-14)12-22-17(20-5)21-11-15-7-6-10-23(13-15)18(24)25-19(2,3)4;/h8-9,15H,6-7,10-13H2,1-5H3,(H2,20,21,22);1H. The van der Waals surface area contributed by atoms with Crippen LogP contribution in [0.15, 0.2) is 17.1 Å². The molecule has 2 N–H and O–H groups in total. The number of hydrogen-bond acceptors (Lipinski definition) is 4. The van der Waals surface area contributed by atoms with Gasteiger partial charge in [0.05, 0.1) is 6.54 Å². The number of rotatable bonds is 4. The monoisotopic (exact) mass is 508 g/mol. The van der Waals surface area contributed by atoms with Gasteiger partial charge < -0.3 is 20.3 Å². The number of nitrogens with zero attached hydrogens (tertiary/aromatic N) is 2. The molecule has 1 unspecified atom stereocenters. The average molecular weight is 508 g/mol. The Hall–Kier alpha value is -1.03. The molecule has 1 saturated heterocycles. The lowest BCUT2D eigenvalue weighted by molar-refractivity contribution is 0.0168. The van der Waals surface area contributed by atoms with E-state index in [1.165, 1.54) is 9.75 Å². The minimum atomic E-state index is -0.450. The number of amides is 1. The first-order valence-corrected chi connectivity index (χ1v) is 10.1. The molecule has 2 heterocycles. The average Bonchev–Trinajstić information content (AvgIpc) is 2.99.